The number of hydrogen-bond donors (Lipinski definition) is 1. The Kier molecular flexibility index (Phi) is 4.86. The Hall–Kier alpha value is -1.30. The van der Waals surface area contributed by atoms with Crippen LogP contribution < -0.4 is 5.32 Å². The molecule has 0 radical (unpaired) electrons. The van der Waals surface area contributed by atoms with E-state index >= 15 is 0 Å². The summed E-state index contributed by atoms with van der Waals surface area (Å²) in [5.74, 6) is 0.586. The molecule has 0 unspecified atom stereocenters. The predicted molar refractivity (Wildman–Crippen MR) is 82.5 cm³/mol. The van der Waals surface area contributed by atoms with Crippen LogP contribution in [0.25, 0.3) is 0 Å². The average Bonchev–Trinajstić information content (AvgIpc) is 3.02. The van der Waals surface area contributed by atoms with Gasteiger partial charge in [-0.15, -0.1) is 0 Å². The van der Waals surface area contributed by atoms with Crippen LogP contribution in [0.3, 0.4) is 0 Å². The minimum absolute atomic E-state index is 0.0219. The first-order valence-corrected chi connectivity index (χ1v) is 8.54. The SMILES string of the molecule is CC(=O)N(C[C@H]1CCCN1C(=O)NC[C@@H]1CCOC1)C1CC1. The van der Waals surface area contributed by atoms with Gasteiger partial charge in [0.2, 0.25) is 5.91 Å². The van der Waals surface area contributed by atoms with Crippen LogP contribution in [0.1, 0.15) is 39.0 Å². The molecule has 3 rings (SSSR count). The molecule has 6 heteroatoms. The normalized spacial score (nSPS) is 28.0. The Morgan fingerprint density at radius 3 is 2.73 bits per heavy atom. The maximum absolute atomic E-state index is 12.4. The second kappa shape index (κ2) is 6.86. The Morgan fingerprint density at radius 1 is 1.27 bits per heavy atom. The molecule has 0 bridgehead atoms. The number of nitrogens with one attached hydrogen (secondary N) is 1. The molecule has 3 amide bonds. The fourth-order valence-corrected chi connectivity index (χ4v) is 3.52. The van der Waals surface area contributed by atoms with E-state index in [1.165, 1.54) is 0 Å². The number of carbonyl (C=O) groups excluding carboxylic acids is 2. The Bertz CT molecular complexity index is 419. The van der Waals surface area contributed by atoms with Crippen molar-refractivity contribution >= 4 is 11.9 Å². The number of ether oxygens (including phenoxy) is 1. The highest BCUT2D eigenvalue weighted by Crippen LogP contribution is 2.29. The number of amides is 3. The van der Waals surface area contributed by atoms with Gasteiger partial charge in [-0.2, -0.15) is 0 Å². The molecule has 1 saturated carbocycles. The summed E-state index contributed by atoms with van der Waals surface area (Å²) < 4.78 is 5.34. The highest BCUT2D eigenvalue weighted by Gasteiger charge is 2.36. The second-order valence-electron chi connectivity index (χ2n) is 6.81. The molecule has 2 atom stereocenters. The third-order valence-corrected chi connectivity index (χ3v) is 5.00. The third kappa shape index (κ3) is 3.72. The number of urea groups is 1. The molecule has 2 saturated heterocycles. The number of nitrogens with zero attached hydrogens (tertiary/aromatic N) is 2. The van der Waals surface area contributed by atoms with E-state index in [1.54, 1.807) is 6.92 Å². The summed E-state index contributed by atoms with van der Waals surface area (Å²) in [6, 6.07) is 0.608. The molecule has 1 N–H and O–H groups in total. The number of rotatable bonds is 5. The van der Waals surface area contributed by atoms with E-state index in [-0.39, 0.29) is 18.0 Å². The Labute approximate surface area is 132 Å². The maximum Gasteiger partial charge on any atom is 0.317 e. The van der Waals surface area contributed by atoms with Crippen molar-refractivity contribution in [2.75, 3.05) is 32.8 Å². The summed E-state index contributed by atoms with van der Waals surface area (Å²) >= 11 is 0. The number of carbonyl (C=O) groups is 2. The minimum Gasteiger partial charge on any atom is -0.381 e. The van der Waals surface area contributed by atoms with Crippen molar-refractivity contribution in [2.45, 2.75) is 51.1 Å². The first kappa shape index (κ1) is 15.6. The fraction of sp³-hybridized carbons (Fsp3) is 0.875. The predicted octanol–water partition coefficient (Wildman–Crippen LogP) is 1.21. The van der Waals surface area contributed by atoms with Gasteiger partial charge in [-0.05, 0) is 32.1 Å². The van der Waals surface area contributed by atoms with Crippen LogP contribution in [-0.2, 0) is 9.53 Å². The van der Waals surface area contributed by atoms with Gasteiger partial charge in [0, 0.05) is 45.1 Å². The first-order valence-electron chi connectivity index (χ1n) is 8.54. The topological polar surface area (TPSA) is 61.9 Å². The van der Waals surface area contributed by atoms with Gasteiger partial charge in [0.1, 0.15) is 0 Å². The molecule has 1 aliphatic carbocycles. The van der Waals surface area contributed by atoms with Gasteiger partial charge in [0.25, 0.3) is 0 Å². The van der Waals surface area contributed by atoms with Gasteiger partial charge in [0.15, 0.2) is 0 Å². The molecular formula is C16H27N3O3. The van der Waals surface area contributed by atoms with Crippen LogP contribution in [-0.4, -0.2) is 66.7 Å². The van der Waals surface area contributed by atoms with Crippen LogP contribution in [0.4, 0.5) is 4.79 Å². The van der Waals surface area contributed by atoms with Gasteiger partial charge >= 0.3 is 6.03 Å². The monoisotopic (exact) mass is 309 g/mol. The molecule has 3 aliphatic rings. The largest absolute Gasteiger partial charge is 0.381 e. The lowest BCUT2D eigenvalue weighted by Crippen LogP contribution is -2.49. The quantitative estimate of drug-likeness (QED) is 0.830. The van der Waals surface area contributed by atoms with Crippen LogP contribution in [0.15, 0.2) is 0 Å². The van der Waals surface area contributed by atoms with Gasteiger partial charge in [-0.1, -0.05) is 0 Å². The minimum atomic E-state index is 0.0219. The molecule has 2 aliphatic heterocycles. The molecule has 0 aromatic carbocycles. The summed E-state index contributed by atoms with van der Waals surface area (Å²) in [6.07, 6.45) is 5.28. The lowest BCUT2D eigenvalue weighted by Gasteiger charge is -2.30. The second-order valence-corrected chi connectivity index (χ2v) is 6.81. The zero-order valence-corrected chi connectivity index (χ0v) is 13.4. The van der Waals surface area contributed by atoms with Crippen molar-refractivity contribution in [3.63, 3.8) is 0 Å². The van der Waals surface area contributed by atoms with Crippen molar-refractivity contribution in [3.8, 4) is 0 Å². The molecule has 0 spiro atoms. The van der Waals surface area contributed by atoms with Crippen molar-refractivity contribution in [2.24, 2.45) is 5.92 Å². The Morgan fingerprint density at radius 2 is 2.09 bits per heavy atom. The van der Waals surface area contributed by atoms with Crippen LogP contribution in [0.5, 0.6) is 0 Å². The standard InChI is InChI=1S/C16H27N3O3/c1-12(20)19(14-4-5-14)10-15-3-2-7-18(15)16(21)17-9-13-6-8-22-11-13/h13-15H,2-11H2,1H3,(H,17,21)/t13-,15+/m0/s1. The van der Waals surface area contributed by atoms with Crippen LogP contribution in [0, 0.1) is 5.92 Å². The van der Waals surface area contributed by atoms with Crippen molar-refractivity contribution in [1.82, 2.24) is 15.1 Å². The van der Waals surface area contributed by atoms with E-state index in [9.17, 15) is 9.59 Å². The summed E-state index contributed by atoms with van der Waals surface area (Å²) in [7, 11) is 0. The van der Waals surface area contributed by atoms with Gasteiger partial charge < -0.3 is 19.9 Å². The summed E-state index contributed by atoms with van der Waals surface area (Å²) in [4.78, 5) is 28.1. The number of likely N-dealkylation sites (tertiary alicyclic amines) is 1. The fourth-order valence-electron chi connectivity index (χ4n) is 3.52. The molecule has 6 nitrogen and oxygen atoms in total. The van der Waals surface area contributed by atoms with Gasteiger partial charge in [0.05, 0.1) is 12.6 Å². The van der Waals surface area contributed by atoms with Crippen molar-refractivity contribution in [1.29, 1.82) is 0 Å². The molecule has 0 aromatic rings. The highest BCUT2D eigenvalue weighted by molar-refractivity contribution is 5.76. The van der Waals surface area contributed by atoms with Crippen molar-refractivity contribution < 1.29 is 14.3 Å². The maximum atomic E-state index is 12.4. The van der Waals surface area contributed by atoms with E-state index in [0.29, 0.717) is 25.0 Å². The van der Waals surface area contributed by atoms with E-state index in [0.717, 1.165) is 51.9 Å². The smallest absolute Gasteiger partial charge is 0.317 e. The molecule has 2 heterocycles. The summed E-state index contributed by atoms with van der Waals surface area (Å²) in [5, 5.41) is 3.05. The van der Waals surface area contributed by atoms with Crippen LogP contribution >= 0.6 is 0 Å². The molecular weight excluding hydrogens is 282 g/mol. The molecule has 0 aromatic heterocycles. The van der Waals surface area contributed by atoms with Gasteiger partial charge in [-0.3, -0.25) is 4.79 Å². The highest BCUT2D eigenvalue weighted by atomic mass is 16.5. The summed E-state index contributed by atoms with van der Waals surface area (Å²) in [6.45, 7) is 5.39. The molecule has 3 fully saturated rings. The van der Waals surface area contributed by atoms with Gasteiger partial charge in [-0.25, -0.2) is 4.79 Å². The lowest BCUT2D eigenvalue weighted by atomic mass is 10.1. The Balaban J connectivity index is 1.50. The lowest BCUT2D eigenvalue weighted by molar-refractivity contribution is -0.130. The van der Waals surface area contributed by atoms with E-state index in [2.05, 4.69) is 5.32 Å². The summed E-state index contributed by atoms with van der Waals surface area (Å²) in [5.41, 5.74) is 0. The van der Waals surface area contributed by atoms with E-state index < -0.39 is 0 Å². The third-order valence-electron chi connectivity index (χ3n) is 5.00. The molecule has 124 valence electrons. The zero-order chi connectivity index (χ0) is 15.5. The van der Waals surface area contributed by atoms with Crippen LogP contribution in [0.2, 0.25) is 0 Å². The first-order chi connectivity index (χ1) is 10.6. The average molecular weight is 309 g/mol. The van der Waals surface area contributed by atoms with E-state index in [4.69, 9.17) is 4.74 Å². The van der Waals surface area contributed by atoms with E-state index in [1.807, 2.05) is 9.80 Å². The number of hydrogen-bond acceptors (Lipinski definition) is 3. The van der Waals surface area contributed by atoms with Crippen molar-refractivity contribution in [3.05, 3.63) is 0 Å². The zero-order valence-electron chi connectivity index (χ0n) is 13.4. The molecule has 22 heavy (non-hydrogen) atoms.